The van der Waals surface area contributed by atoms with Crippen molar-refractivity contribution in [3.05, 3.63) is 36.3 Å². The van der Waals surface area contributed by atoms with Crippen molar-refractivity contribution in [3.8, 4) is 5.75 Å². The van der Waals surface area contributed by atoms with Crippen LogP contribution in [0.25, 0.3) is 0 Å². The lowest BCUT2D eigenvalue weighted by Crippen LogP contribution is -2.39. The second kappa shape index (κ2) is 7.26. The molecule has 0 spiro atoms. The van der Waals surface area contributed by atoms with Gasteiger partial charge in [-0.25, -0.2) is 0 Å². The molecule has 1 saturated heterocycles. The number of nitrogen functional groups attached to an aromatic ring is 1. The number of rotatable bonds is 3. The Hall–Kier alpha value is -1.39. The third-order valence-electron chi connectivity index (χ3n) is 2.96. The lowest BCUT2D eigenvalue weighted by atomic mass is 10.3. The molecule has 106 valence electrons. The molecule has 0 bridgehead atoms. The van der Waals surface area contributed by atoms with Crippen molar-refractivity contribution in [2.75, 3.05) is 25.4 Å². The van der Waals surface area contributed by atoms with Crippen LogP contribution in [0.4, 0.5) is 5.69 Å². The summed E-state index contributed by atoms with van der Waals surface area (Å²) in [6.07, 6.45) is 1.68. The highest BCUT2D eigenvalue weighted by Gasteiger charge is 2.17. The Morgan fingerprint density at radius 2 is 2.00 bits per heavy atom. The predicted molar refractivity (Wildman–Crippen MR) is 79.5 cm³/mol. The second-order valence-corrected chi connectivity index (χ2v) is 4.68. The molecule has 1 heterocycles. The fourth-order valence-corrected chi connectivity index (χ4v) is 1.81. The summed E-state index contributed by atoms with van der Waals surface area (Å²) in [6, 6.07) is 7.84. The largest absolute Gasteiger partial charge is 0.492 e. The minimum atomic E-state index is 0. The van der Waals surface area contributed by atoms with Crippen LogP contribution in [-0.2, 0) is 4.74 Å². The summed E-state index contributed by atoms with van der Waals surface area (Å²) in [5.41, 5.74) is 6.35. The summed E-state index contributed by atoms with van der Waals surface area (Å²) >= 11 is 0. The van der Waals surface area contributed by atoms with E-state index < -0.39 is 0 Å². The van der Waals surface area contributed by atoms with Crippen molar-refractivity contribution in [2.24, 2.45) is 0 Å². The van der Waals surface area contributed by atoms with Crippen LogP contribution >= 0.6 is 12.4 Å². The maximum atomic E-state index is 5.61. The van der Waals surface area contributed by atoms with E-state index in [1.165, 1.54) is 0 Å². The molecule has 0 amide bonds. The van der Waals surface area contributed by atoms with Gasteiger partial charge in [-0.05, 0) is 38.1 Å². The fraction of sp³-hybridized carbons (Fsp3) is 0.429. The normalized spacial score (nSPS) is 17.9. The summed E-state index contributed by atoms with van der Waals surface area (Å²) in [7, 11) is 0. The number of hydrogen-bond acceptors (Lipinski definition) is 4. The van der Waals surface area contributed by atoms with E-state index in [9.17, 15) is 0 Å². The van der Waals surface area contributed by atoms with Crippen LogP contribution in [-0.4, -0.2) is 30.6 Å². The number of hydrogen-bond donors (Lipinski definition) is 1. The highest BCUT2D eigenvalue weighted by Crippen LogP contribution is 2.16. The van der Waals surface area contributed by atoms with Crippen molar-refractivity contribution in [1.82, 2.24) is 4.90 Å². The van der Waals surface area contributed by atoms with E-state index in [1.807, 2.05) is 24.3 Å². The van der Waals surface area contributed by atoms with Crippen LogP contribution in [0.2, 0.25) is 0 Å². The maximum absolute atomic E-state index is 5.61. The zero-order chi connectivity index (χ0) is 13.0. The number of morpholine rings is 1. The highest BCUT2D eigenvalue weighted by molar-refractivity contribution is 5.85. The molecule has 0 radical (unpaired) electrons. The fourth-order valence-electron chi connectivity index (χ4n) is 1.81. The molecule has 1 aliphatic rings. The van der Waals surface area contributed by atoms with Crippen LogP contribution in [0, 0.1) is 0 Å². The van der Waals surface area contributed by atoms with Crippen LogP contribution in [0.15, 0.2) is 36.3 Å². The lowest BCUT2D eigenvalue weighted by molar-refractivity contribution is 0.0710. The molecule has 0 atom stereocenters. The van der Waals surface area contributed by atoms with Crippen molar-refractivity contribution < 1.29 is 9.47 Å². The molecule has 0 aliphatic carbocycles. The van der Waals surface area contributed by atoms with Gasteiger partial charge in [0.2, 0.25) is 0 Å². The van der Waals surface area contributed by atoms with Gasteiger partial charge in [0.1, 0.15) is 24.4 Å². The van der Waals surface area contributed by atoms with E-state index in [-0.39, 0.29) is 12.4 Å². The quantitative estimate of drug-likeness (QED) is 0.685. The van der Waals surface area contributed by atoms with Gasteiger partial charge in [0.25, 0.3) is 0 Å². The van der Waals surface area contributed by atoms with Crippen LogP contribution in [0.3, 0.4) is 0 Å². The molecular formula is C14H21ClN2O2. The molecule has 1 aromatic carbocycles. The first-order chi connectivity index (χ1) is 8.65. The van der Waals surface area contributed by atoms with Gasteiger partial charge >= 0.3 is 0 Å². The molecule has 0 saturated carbocycles. The molecule has 5 heteroatoms. The number of benzene rings is 1. The SMILES string of the molecule is CC(C)N1CCOC(=COc2ccc(N)cc2)C1.Cl. The second-order valence-electron chi connectivity index (χ2n) is 4.68. The number of nitrogens with zero attached hydrogens (tertiary/aromatic N) is 1. The van der Waals surface area contributed by atoms with Gasteiger partial charge in [-0.2, -0.15) is 0 Å². The third kappa shape index (κ3) is 4.65. The third-order valence-corrected chi connectivity index (χ3v) is 2.96. The minimum absolute atomic E-state index is 0. The molecule has 1 aromatic rings. The number of halogens is 1. The average Bonchev–Trinajstić information content (AvgIpc) is 2.38. The van der Waals surface area contributed by atoms with E-state index >= 15 is 0 Å². The van der Waals surface area contributed by atoms with Crippen LogP contribution in [0.5, 0.6) is 5.75 Å². The van der Waals surface area contributed by atoms with Gasteiger partial charge < -0.3 is 15.2 Å². The molecule has 2 rings (SSSR count). The monoisotopic (exact) mass is 284 g/mol. The summed E-state index contributed by atoms with van der Waals surface area (Å²) in [6.45, 7) is 6.85. The van der Waals surface area contributed by atoms with E-state index in [0.29, 0.717) is 6.04 Å². The lowest BCUT2D eigenvalue weighted by Gasteiger charge is -2.31. The summed E-state index contributed by atoms with van der Waals surface area (Å²) < 4.78 is 11.1. The first kappa shape index (κ1) is 15.7. The number of anilines is 1. The average molecular weight is 285 g/mol. The molecule has 2 N–H and O–H groups in total. The molecule has 19 heavy (non-hydrogen) atoms. The van der Waals surface area contributed by atoms with Crippen molar-refractivity contribution in [2.45, 2.75) is 19.9 Å². The highest BCUT2D eigenvalue weighted by atomic mass is 35.5. The van der Waals surface area contributed by atoms with Gasteiger partial charge in [-0.1, -0.05) is 0 Å². The van der Waals surface area contributed by atoms with Gasteiger partial charge in [0.15, 0.2) is 0 Å². The Morgan fingerprint density at radius 3 is 2.63 bits per heavy atom. The standard InChI is InChI=1S/C14H20N2O2.ClH/c1-11(2)16-7-8-17-14(9-16)10-18-13-5-3-12(15)4-6-13;/h3-6,10-11H,7-9,15H2,1-2H3;1H. The molecular weight excluding hydrogens is 264 g/mol. The summed E-state index contributed by atoms with van der Waals surface area (Å²) in [5, 5.41) is 0. The molecule has 0 aromatic heterocycles. The first-order valence-corrected chi connectivity index (χ1v) is 6.23. The number of ether oxygens (including phenoxy) is 2. The van der Waals surface area contributed by atoms with E-state index in [2.05, 4.69) is 18.7 Å². The molecule has 1 aliphatic heterocycles. The Balaban J connectivity index is 0.00000180. The van der Waals surface area contributed by atoms with Crippen LogP contribution in [0.1, 0.15) is 13.8 Å². The van der Waals surface area contributed by atoms with Crippen molar-refractivity contribution in [3.63, 3.8) is 0 Å². The summed E-state index contributed by atoms with van der Waals surface area (Å²) in [5.74, 6) is 1.63. The first-order valence-electron chi connectivity index (χ1n) is 6.23. The van der Waals surface area contributed by atoms with Gasteiger partial charge in [0.05, 0.1) is 6.54 Å². The number of nitrogens with two attached hydrogens (primary N) is 1. The van der Waals surface area contributed by atoms with Crippen molar-refractivity contribution in [1.29, 1.82) is 0 Å². The Bertz CT molecular complexity index is 418. The molecule has 4 nitrogen and oxygen atoms in total. The van der Waals surface area contributed by atoms with Gasteiger partial charge in [-0.15, -0.1) is 12.4 Å². The Kier molecular flexibility index (Phi) is 5.99. The van der Waals surface area contributed by atoms with Gasteiger partial charge in [0, 0.05) is 18.3 Å². The van der Waals surface area contributed by atoms with E-state index in [0.717, 1.165) is 36.9 Å². The topological polar surface area (TPSA) is 47.7 Å². The van der Waals surface area contributed by atoms with Crippen molar-refractivity contribution >= 4 is 18.1 Å². The molecule has 1 fully saturated rings. The van der Waals surface area contributed by atoms with Crippen LogP contribution < -0.4 is 10.5 Å². The van der Waals surface area contributed by atoms with E-state index in [1.54, 1.807) is 6.26 Å². The Labute approximate surface area is 120 Å². The smallest absolute Gasteiger partial charge is 0.145 e. The predicted octanol–water partition coefficient (Wildman–Crippen LogP) is 2.65. The maximum Gasteiger partial charge on any atom is 0.145 e. The van der Waals surface area contributed by atoms with E-state index in [4.69, 9.17) is 15.2 Å². The summed E-state index contributed by atoms with van der Waals surface area (Å²) in [4.78, 5) is 2.35. The molecule has 0 unspecified atom stereocenters. The Morgan fingerprint density at radius 1 is 1.32 bits per heavy atom. The minimum Gasteiger partial charge on any atom is -0.492 e. The zero-order valence-electron chi connectivity index (χ0n) is 11.3. The zero-order valence-corrected chi connectivity index (χ0v) is 12.2. The van der Waals surface area contributed by atoms with Gasteiger partial charge in [-0.3, -0.25) is 4.90 Å².